The molecule has 2 rings (SSSR count). The molecule has 2 unspecified atom stereocenters. The second kappa shape index (κ2) is 8.40. The minimum Gasteiger partial charge on any atom is -0.424 e. The van der Waals surface area contributed by atoms with Crippen molar-refractivity contribution in [1.82, 2.24) is 0 Å². The molecule has 0 amide bonds. The Balaban J connectivity index is 2.39. The van der Waals surface area contributed by atoms with Crippen LogP contribution in [0.5, 0.6) is 0 Å². The summed E-state index contributed by atoms with van der Waals surface area (Å²) in [7, 11) is 0. The van der Waals surface area contributed by atoms with Gasteiger partial charge in [-0.2, -0.15) is 0 Å². The highest BCUT2D eigenvalue weighted by Crippen LogP contribution is 2.16. The lowest BCUT2D eigenvalue weighted by molar-refractivity contribution is 0.211. The number of benzene rings is 2. The van der Waals surface area contributed by atoms with Crippen molar-refractivity contribution < 1.29 is 4.65 Å². The highest BCUT2D eigenvalue weighted by molar-refractivity contribution is 6.80. The van der Waals surface area contributed by atoms with Crippen LogP contribution in [0.25, 0.3) is 0 Å². The highest BCUT2D eigenvalue weighted by Gasteiger charge is 2.25. The summed E-state index contributed by atoms with van der Waals surface area (Å²) in [5, 5.41) is 1.47. The van der Waals surface area contributed by atoms with Crippen molar-refractivity contribution >= 4 is 41.0 Å². The fourth-order valence-electron chi connectivity index (χ4n) is 2.71. The second-order valence-electron chi connectivity index (χ2n) is 6.56. The largest absolute Gasteiger partial charge is 0.424 e. The van der Waals surface area contributed by atoms with Crippen LogP contribution in [0.15, 0.2) is 36.4 Å². The molecule has 0 fully saturated rings. The zero-order chi connectivity index (χ0) is 17.9. The number of hydrogen-bond donors (Lipinski definition) is 1. The van der Waals surface area contributed by atoms with Crippen molar-refractivity contribution in [1.29, 1.82) is 0 Å². The second-order valence-corrected chi connectivity index (χ2v) is 7.37. The van der Waals surface area contributed by atoms with E-state index in [4.69, 9.17) is 33.6 Å². The van der Waals surface area contributed by atoms with Gasteiger partial charge in [0.1, 0.15) is 0 Å². The van der Waals surface area contributed by atoms with E-state index in [1.54, 1.807) is 0 Å². The molecule has 24 heavy (non-hydrogen) atoms. The minimum atomic E-state index is -0.227. The maximum atomic E-state index is 6.33. The Morgan fingerprint density at radius 1 is 0.958 bits per heavy atom. The molecule has 2 aromatic rings. The quantitative estimate of drug-likeness (QED) is 0.791. The number of nitrogens with two attached hydrogens (primary N) is 1. The Morgan fingerprint density at radius 3 is 1.79 bits per heavy atom. The fraction of sp³-hybridized carbons (Fsp3) is 0.368. The molecule has 0 aromatic heterocycles. The average Bonchev–Trinajstić information content (AvgIpc) is 2.50. The van der Waals surface area contributed by atoms with Crippen LogP contribution in [-0.2, 0) is 4.65 Å². The Morgan fingerprint density at radius 2 is 1.42 bits per heavy atom. The molecule has 0 aliphatic rings. The lowest BCUT2D eigenvalue weighted by atomic mass is 9.55. The van der Waals surface area contributed by atoms with Gasteiger partial charge in [0.2, 0.25) is 0 Å². The summed E-state index contributed by atoms with van der Waals surface area (Å²) in [6, 6.07) is 12.2. The number of hydrogen-bond acceptors (Lipinski definition) is 2. The van der Waals surface area contributed by atoms with Crippen LogP contribution in [-0.4, -0.2) is 19.1 Å². The van der Waals surface area contributed by atoms with E-state index in [2.05, 4.69) is 12.1 Å². The van der Waals surface area contributed by atoms with Crippen molar-refractivity contribution in [2.75, 3.05) is 0 Å². The minimum absolute atomic E-state index is 0.0233. The van der Waals surface area contributed by atoms with E-state index in [0.717, 1.165) is 38.5 Å². The molecule has 2 atom stereocenters. The van der Waals surface area contributed by atoms with Gasteiger partial charge in [0, 0.05) is 22.2 Å². The number of rotatable bonds is 6. The van der Waals surface area contributed by atoms with Crippen molar-refractivity contribution in [2.45, 2.75) is 46.3 Å². The summed E-state index contributed by atoms with van der Waals surface area (Å²) in [5.74, 6) is 0. The first kappa shape index (κ1) is 19.3. The van der Waals surface area contributed by atoms with Crippen LogP contribution in [0.3, 0.4) is 0 Å². The van der Waals surface area contributed by atoms with E-state index < -0.39 is 0 Å². The van der Waals surface area contributed by atoms with E-state index >= 15 is 0 Å². The molecule has 0 bridgehead atoms. The predicted molar refractivity (Wildman–Crippen MR) is 106 cm³/mol. The van der Waals surface area contributed by atoms with Gasteiger partial charge in [0.05, 0.1) is 0 Å². The van der Waals surface area contributed by atoms with E-state index in [9.17, 15) is 0 Å². The smallest absolute Gasteiger partial charge is 0.361 e. The van der Waals surface area contributed by atoms with E-state index in [-0.39, 0.29) is 19.1 Å². The zero-order valence-electron chi connectivity index (χ0n) is 14.6. The van der Waals surface area contributed by atoms with Crippen molar-refractivity contribution in [2.24, 2.45) is 5.73 Å². The molecular weight excluding hydrogens is 340 g/mol. The summed E-state index contributed by atoms with van der Waals surface area (Å²) >= 11 is 12.6. The molecule has 0 spiro atoms. The van der Waals surface area contributed by atoms with Gasteiger partial charge in [-0.25, -0.2) is 0 Å². The summed E-state index contributed by atoms with van der Waals surface area (Å²) in [5.41, 5.74) is 10.0. The molecule has 0 radical (unpaired) electrons. The standard InChI is InChI=1S/C19H24BCl2NO/c1-12-5-7-16(10-18(12)21)20(24-15(4)9-14(3)23)17-8-6-13(2)19(22)11-17/h5-8,10-11,14-15H,9,23H2,1-4H3. The van der Waals surface area contributed by atoms with E-state index in [1.807, 2.05) is 52.0 Å². The van der Waals surface area contributed by atoms with Gasteiger partial charge in [-0.1, -0.05) is 47.5 Å². The van der Waals surface area contributed by atoms with Gasteiger partial charge in [-0.05, 0) is 68.3 Å². The topological polar surface area (TPSA) is 35.2 Å². The Bertz CT molecular complexity index is 654. The summed E-state index contributed by atoms with van der Waals surface area (Å²) < 4.78 is 6.33. The Hall–Kier alpha value is -0.995. The first-order valence-corrected chi connectivity index (χ1v) is 8.96. The van der Waals surface area contributed by atoms with Gasteiger partial charge >= 0.3 is 6.92 Å². The molecule has 0 heterocycles. The van der Waals surface area contributed by atoms with Gasteiger partial charge in [-0.15, -0.1) is 0 Å². The van der Waals surface area contributed by atoms with Gasteiger partial charge in [0.25, 0.3) is 0 Å². The van der Waals surface area contributed by atoms with Crippen LogP contribution < -0.4 is 16.7 Å². The molecule has 2 N–H and O–H groups in total. The Labute approximate surface area is 155 Å². The molecule has 2 aromatic carbocycles. The molecule has 128 valence electrons. The first-order chi connectivity index (χ1) is 11.3. The summed E-state index contributed by atoms with van der Waals surface area (Å²) in [6.07, 6.45) is 0.811. The monoisotopic (exact) mass is 363 g/mol. The molecule has 0 saturated heterocycles. The molecular formula is C19H24BCl2NO. The van der Waals surface area contributed by atoms with Crippen LogP contribution in [0.1, 0.15) is 31.4 Å². The van der Waals surface area contributed by atoms with Gasteiger partial charge in [0.15, 0.2) is 0 Å². The fourth-order valence-corrected chi connectivity index (χ4v) is 3.08. The molecule has 2 nitrogen and oxygen atoms in total. The van der Waals surface area contributed by atoms with Crippen molar-refractivity contribution in [3.05, 3.63) is 57.6 Å². The summed E-state index contributed by atoms with van der Waals surface area (Å²) in [4.78, 5) is 0. The SMILES string of the molecule is Cc1ccc(B(OC(C)CC(C)N)c2ccc(C)c(Cl)c2)cc1Cl. The van der Waals surface area contributed by atoms with Crippen molar-refractivity contribution in [3.8, 4) is 0 Å². The normalized spacial score (nSPS) is 13.6. The maximum absolute atomic E-state index is 6.33. The maximum Gasteiger partial charge on any atom is 0.361 e. The van der Waals surface area contributed by atoms with E-state index in [0.29, 0.717) is 0 Å². The third-order valence-electron chi connectivity index (χ3n) is 4.07. The van der Waals surface area contributed by atoms with Crippen LogP contribution in [0.4, 0.5) is 0 Å². The lowest BCUT2D eigenvalue weighted by Crippen LogP contribution is -2.47. The third-order valence-corrected chi connectivity index (χ3v) is 4.88. The molecule has 0 aliphatic heterocycles. The lowest BCUT2D eigenvalue weighted by Gasteiger charge is -2.23. The third kappa shape index (κ3) is 5.00. The van der Waals surface area contributed by atoms with Gasteiger partial charge in [-0.3, -0.25) is 0 Å². The summed E-state index contributed by atoms with van der Waals surface area (Å²) in [6.45, 7) is 7.78. The zero-order valence-corrected chi connectivity index (χ0v) is 16.2. The number of halogens is 2. The average molecular weight is 364 g/mol. The molecule has 0 saturated carbocycles. The van der Waals surface area contributed by atoms with Gasteiger partial charge < -0.3 is 10.4 Å². The molecule has 0 aliphatic carbocycles. The first-order valence-electron chi connectivity index (χ1n) is 8.21. The molecule has 5 heteroatoms. The van der Waals surface area contributed by atoms with Crippen molar-refractivity contribution in [3.63, 3.8) is 0 Å². The van der Waals surface area contributed by atoms with Crippen LogP contribution >= 0.6 is 23.2 Å². The Kier molecular flexibility index (Phi) is 6.76. The highest BCUT2D eigenvalue weighted by atomic mass is 35.5. The van der Waals surface area contributed by atoms with Crippen LogP contribution in [0, 0.1) is 13.8 Å². The van der Waals surface area contributed by atoms with E-state index in [1.165, 1.54) is 0 Å². The predicted octanol–water partition coefficient (Wildman–Crippen LogP) is 3.86. The van der Waals surface area contributed by atoms with Crippen LogP contribution in [0.2, 0.25) is 10.0 Å². The number of aryl methyl sites for hydroxylation is 2.